The molecule has 1 heterocycles. The molecule has 1 aliphatic rings. The van der Waals surface area contributed by atoms with Crippen LogP contribution in [0.4, 0.5) is 11.4 Å². The highest BCUT2D eigenvalue weighted by Gasteiger charge is 2.30. The van der Waals surface area contributed by atoms with E-state index in [0.29, 0.717) is 5.69 Å². The molecule has 0 aromatic heterocycles. The molecule has 0 bridgehead atoms. The quantitative estimate of drug-likeness (QED) is 0.499. The summed E-state index contributed by atoms with van der Waals surface area (Å²) in [7, 11) is 0. The SMILES string of the molecule is CCCN1c2ccc(/C=C(\C#N)C(=O)Nc3ccc(C)cc3)cc2C(C)=CC1(C)C. The van der Waals surface area contributed by atoms with Gasteiger partial charge in [0.15, 0.2) is 0 Å². The maximum atomic E-state index is 12.6. The number of amides is 1. The van der Waals surface area contributed by atoms with E-state index in [1.165, 1.54) is 11.3 Å². The number of hydrogen-bond donors (Lipinski definition) is 1. The van der Waals surface area contributed by atoms with Gasteiger partial charge in [-0.15, -0.1) is 0 Å². The zero-order chi connectivity index (χ0) is 21.9. The van der Waals surface area contributed by atoms with Gasteiger partial charge in [0.25, 0.3) is 5.91 Å². The van der Waals surface area contributed by atoms with Gasteiger partial charge in [-0.25, -0.2) is 0 Å². The van der Waals surface area contributed by atoms with Gasteiger partial charge in [-0.2, -0.15) is 5.26 Å². The van der Waals surface area contributed by atoms with E-state index < -0.39 is 5.91 Å². The van der Waals surface area contributed by atoms with Crippen LogP contribution in [-0.4, -0.2) is 18.0 Å². The van der Waals surface area contributed by atoms with Gasteiger partial charge in [0.1, 0.15) is 11.6 Å². The highest BCUT2D eigenvalue weighted by Crippen LogP contribution is 2.39. The summed E-state index contributed by atoms with van der Waals surface area (Å²) in [5.74, 6) is -0.403. The molecule has 1 amide bonds. The average Bonchev–Trinajstić information content (AvgIpc) is 2.70. The molecule has 0 atom stereocenters. The van der Waals surface area contributed by atoms with Crippen LogP contribution in [0.15, 0.2) is 54.1 Å². The van der Waals surface area contributed by atoms with E-state index >= 15 is 0 Å². The summed E-state index contributed by atoms with van der Waals surface area (Å²) >= 11 is 0. The molecule has 1 N–H and O–H groups in total. The monoisotopic (exact) mass is 399 g/mol. The van der Waals surface area contributed by atoms with Gasteiger partial charge in [-0.05, 0) is 75.6 Å². The van der Waals surface area contributed by atoms with E-state index in [4.69, 9.17) is 0 Å². The number of benzene rings is 2. The van der Waals surface area contributed by atoms with Gasteiger partial charge in [-0.3, -0.25) is 4.79 Å². The fourth-order valence-corrected chi connectivity index (χ4v) is 3.97. The third-order valence-corrected chi connectivity index (χ3v) is 5.43. The minimum Gasteiger partial charge on any atom is -0.362 e. The lowest BCUT2D eigenvalue weighted by atomic mass is 9.87. The number of nitriles is 1. The maximum absolute atomic E-state index is 12.6. The Labute approximate surface area is 179 Å². The first-order valence-corrected chi connectivity index (χ1v) is 10.4. The number of nitrogens with one attached hydrogen (secondary N) is 1. The van der Waals surface area contributed by atoms with Gasteiger partial charge >= 0.3 is 0 Å². The standard InChI is InChI=1S/C26H29N3O/c1-6-13-29-24-12-9-20(15-23(24)19(3)16-26(29,4)5)14-21(17-27)25(30)28-22-10-7-18(2)8-11-22/h7-12,14-16H,6,13H2,1-5H3,(H,28,30)/b21-14+. The zero-order valence-corrected chi connectivity index (χ0v) is 18.4. The summed E-state index contributed by atoms with van der Waals surface area (Å²) in [6.45, 7) is 11.7. The molecule has 0 saturated heterocycles. The van der Waals surface area contributed by atoms with Crippen molar-refractivity contribution in [2.24, 2.45) is 0 Å². The number of hydrogen-bond acceptors (Lipinski definition) is 3. The number of anilines is 2. The van der Waals surface area contributed by atoms with Crippen molar-refractivity contribution < 1.29 is 4.79 Å². The first kappa shape index (κ1) is 21.4. The summed E-state index contributed by atoms with van der Waals surface area (Å²) in [6, 6.07) is 15.7. The molecule has 4 nitrogen and oxygen atoms in total. The van der Waals surface area contributed by atoms with E-state index in [9.17, 15) is 10.1 Å². The maximum Gasteiger partial charge on any atom is 0.266 e. The summed E-state index contributed by atoms with van der Waals surface area (Å²) in [4.78, 5) is 15.0. The van der Waals surface area contributed by atoms with Gasteiger partial charge in [0, 0.05) is 23.5 Å². The first-order chi connectivity index (χ1) is 14.2. The Morgan fingerprint density at radius 1 is 1.17 bits per heavy atom. The molecule has 0 fully saturated rings. The fourth-order valence-electron chi connectivity index (χ4n) is 3.97. The van der Waals surface area contributed by atoms with Crippen LogP contribution in [0.1, 0.15) is 50.8 Å². The van der Waals surface area contributed by atoms with Gasteiger partial charge in [0.05, 0.1) is 5.54 Å². The third-order valence-electron chi connectivity index (χ3n) is 5.43. The van der Waals surface area contributed by atoms with E-state index in [1.807, 2.05) is 43.3 Å². The molecule has 0 unspecified atom stereocenters. The molecule has 2 aromatic carbocycles. The molecule has 1 aliphatic heterocycles. The second kappa shape index (κ2) is 8.59. The molecule has 3 rings (SSSR count). The lowest BCUT2D eigenvalue weighted by Gasteiger charge is -2.43. The molecule has 30 heavy (non-hydrogen) atoms. The zero-order valence-electron chi connectivity index (χ0n) is 18.4. The van der Waals surface area contributed by atoms with Crippen LogP contribution in [0.25, 0.3) is 11.6 Å². The average molecular weight is 400 g/mol. The molecule has 4 heteroatoms. The largest absolute Gasteiger partial charge is 0.362 e. The lowest BCUT2D eigenvalue weighted by molar-refractivity contribution is -0.112. The Hall–Kier alpha value is -3.32. The van der Waals surface area contributed by atoms with Crippen LogP contribution in [0.2, 0.25) is 0 Å². The van der Waals surface area contributed by atoms with E-state index in [-0.39, 0.29) is 11.1 Å². The third kappa shape index (κ3) is 4.46. The van der Waals surface area contributed by atoms with Crippen molar-refractivity contribution in [2.75, 3.05) is 16.8 Å². The second-order valence-electron chi connectivity index (χ2n) is 8.40. The van der Waals surface area contributed by atoms with Crippen molar-refractivity contribution >= 4 is 28.9 Å². The number of fused-ring (bicyclic) bond motifs is 1. The van der Waals surface area contributed by atoms with Crippen LogP contribution in [0, 0.1) is 18.3 Å². The highest BCUT2D eigenvalue weighted by atomic mass is 16.1. The van der Waals surface area contributed by atoms with E-state index in [2.05, 4.69) is 56.1 Å². The summed E-state index contributed by atoms with van der Waals surface area (Å²) in [5, 5.41) is 12.3. The van der Waals surface area contributed by atoms with E-state index in [1.54, 1.807) is 6.08 Å². The number of carbonyl (C=O) groups is 1. The molecular weight excluding hydrogens is 370 g/mol. The molecule has 0 spiro atoms. The van der Waals surface area contributed by atoms with Crippen LogP contribution >= 0.6 is 0 Å². The summed E-state index contributed by atoms with van der Waals surface area (Å²) in [6.07, 6.45) is 5.00. The molecule has 154 valence electrons. The second-order valence-corrected chi connectivity index (χ2v) is 8.40. The number of nitrogens with zero attached hydrogens (tertiary/aromatic N) is 2. The molecule has 0 saturated carbocycles. The van der Waals surface area contributed by atoms with Crippen molar-refractivity contribution in [2.45, 2.75) is 46.6 Å². The fraction of sp³-hybridized carbons (Fsp3) is 0.308. The Bertz CT molecular complexity index is 1050. The van der Waals surface area contributed by atoms with Crippen molar-refractivity contribution in [1.29, 1.82) is 5.26 Å². The number of carbonyl (C=O) groups excluding carboxylic acids is 1. The van der Waals surface area contributed by atoms with Crippen molar-refractivity contribution in [3.63, 3.8) is 0 Å². The smallest absolute Gasteiger partial charge is 0.266 e. The van der Waals surface area contributed by atoms with Crippen molar-refractivity contribution in [3.05, 3.63) is 70.8 Å². The predicted octanol–water partition coefficient (Wildman–Crippen LogP) is 5.95. The predicted molar refractivity (Wildman–Crippen MR) is 125 cm³/mol. The minimum atomic E-state index is -0.403. The lowest BCUT2D eigenvalue weighted by Crippen LogP contribution is -2.45. The molecule has 2 aromatic rings. The van der Waals surface area contributed by atoms with Gasteiger partial charge in [-0.1, -0.05) is 36.8 Å². The molecule has 0 radical (unpaired) electrons. The van der Waals surface area contributed by atoms with Crippen molar-refractivity contribution in [3.8, 4) is 6.07 Å². The molecular formula is C26H29N3O. The van der Waals surface area contributed by atoms with Crippen LogP contribution < -0.4 is 10.2 Å². The van der Waals surface area contributed by atoms with Crippen LogP contribution in [0.3, 0.4) is 0 Å². The number of rotatable bonds is 5. The summed E-state index contributed by atoms with van der Waals surface area (Å²) < 4.78 is 0. The highest BCUT2D eigenvalue weighted by molar-refractivity contribution is 6.09. The van der Waals surface area contributed by atoms with Crippen molar-refractivity contribution in [1.82, 2.24) is 0 Å². The Kier molecular flexibility index (Phi) is 6.12. The summed E-state index contributed by atoms with van der Waals surface area (Å²) in [5.41, 5.74) is 6.22. The van der Waals surface area contributed by atoms with Crippen LogP contribution in [-0.2, 0) is 4.79 Å². The topological polar surface area (TPSA) is 56.1 Å². The van der Waals surface area contributed by atoms with Gasteiger partial charge < -0.3 is 10.2 Å². The number of aryl methyl sites for hydroxylation is 1. The van der Waals surface area contributed by atoms with Crippen LogP contribution in [0.5, 0.6) is 0 Å². The molecule has 0 aliphatic carbocycles. The van der Waals surface area contributed by atoms with Gasteiger partial charge in [0.2, 0.25) is 0 Å². The normalized spacial score (nSPS) is 15.1. The van der Waals surface area contributed by atoms with E-state index in [0.717, 1.165) is 29.7 Å². The number of allylic oxidation sites excluding steroid dienone is 1. The first-order valence-electron chi connectivity index (χ1n) is 10.4. The minimum absolute atomic E-state index is 0.0454. The Morgan fingerprint density at radius 2 is 1.87 bits per heavy atom. The Morgan fingerprint density at radius 3 is 2.50 bits per heavy atom. The Balaban J connectivity index is 1.91.